The summed E-state index contributed by atoms with van der Waals surface area (Å²) in [5, 5.41) is 17.9. The molecular weight excluding hydrogens is 296 g/mol. The van der Waals surface area contributed by atoms with Crippen LogP contribution >= 0.6 is 0 Å². The standard InChI is InChI=1S/C11H13F2NO5S/c1-11(5-15,6-16)10(17)14-20(18,19)9-3-2-7(12)4-8(9)13/h2-4,15-16H,5-6H2,1H3,(H,14,17). The van der Waals surface area contributed by atoms with Gasteiger partial charge < -0.3 is 10.2 Å². The predicted molar refractivity (Wildman–Crippen MR) is 64.0 cm³/mol. The van der Waals surface area contributed by atoms with E-state index in [0.29, 0.717) is 12.1 Å². The van der Waals surface area contributed by atoms with E-state index >= 15 is 0 Å². The molecule has 0 saturated heterocycles. The van der Waals surface area contributed by atoms with Crippen LogP contribution in [0.2, 0.25) is 0 Å². The molecule has 1 aromatic rings. The minimum Gasteiger partial charge on any atom is -0.395 e. The SMILES string of the molecule is CC(CO)(CO)C(=O)NS(=O)(=O)c1ccc(F)cc1F. The molecule has 1 aromatic carbocycles. The number of carbonyl (C=O) groups is 1. The monoisotopic (exact) mass is 309 g/mol. The van der Waals surface area contributed by atoms with E-state index in [-0.39, 0.29) is 0 Å². The number of carbonyl (C=O) groups excluding carboxylic acids is 1. The minimum atomic E-state index is -4.57. The van der Waals surface area contributed by atoms with E-state index in [2.05, 4.69) is 0 Å². The lowest BCUT2D eigenvalue weighted by atomic mass is 9.92. The van der Waals surface area contributed by atoms with Gasteiger partial charge in [0.1, 0.15) is 16.5 Å². The van der Waals surface area contributed by atoms with Crippen LogP contribution in [0.5, 0.6) is 0 Å². The smallest absolute Gasteiger partial charge is 0.266 e. The number of amides is 1. The highest BCUT2D eigenvalue weighted by molar-refractivity contribution is 7.90. The molecule has 0 saturated carbocycles. The molecule has 0 radical (unpaired) electrons. The number of aliphatic hydroxyl groups is 2. The van der Waals surface area contributed by atoms with E-state index in [1.165, 1.54) is 4.72 Å². The lowest BCUT2D eigenvalue weighted by Crippen LogP contribution is -2.46. The number of aliphatic hydroxyl groups excluding tert-OH is 2. The van der Waals surface area contributed by atoms with Gasteiger partial charge in [-0.2, -0.15) is 0 Å². The van der Waals surface area contributed by atoms with Gasteiger partial charge in [0, 0.05) is 6.07 Å². The Morgan fingerprint density at radius 2 is 1.85 bits per heavy atom. The first kappa shape index (κ1) is 16.5. The molecule has 0 aliphatic carbocycles. The Labute approximate surface area is 114 Å². The molecule has 1 amide bonds. The van der Waals surface area contributed by atoms with Gasteiger partial charge in [0.15, 0.2) is 0 Å². The van der Waals surface area contributed by atoms with Crippen molar-refractivity contribution < 1.29 is 32.2 Å². The molecule has 0 heterocycles. The predicted octanol–water partition coefficient (Wildman–Crippen LogP) is -0.239. The van der Waals surface area contributed by atoms with Crippen molar-refractivity contribution in [3.63, 3.8) is 0 Å². The van der Waals surface area contributed by atoms with Crippen molar-refractivity contribution in [3.05, 3.63) is 29.8 Å². The topological polar surface area (TPSA) is 104 Å². The largest absolute Gasteiger partial charge is 0.395 e. The number of rotatable bonds is 5. The Kier molecular flexibility index (Phi) is 4.79. The van der Waals surface area contributed by atoms with E-state index in [1.54, 1.807) is 0 Å². The van der Waals surface area contributed by atoms with Crippen LogP contribution in [0, 0.1) is 17.0 Å². The van der Waals surface area contributed by atoms with Gasteiger partial charge in [-0.1, -0.05) is 0 Å². The van der Waals surface area contributed by atoms with Gasteiger partial charge in [0.2, 0.25) is 5.91 Å². The summed E-state index contributed by atoms with van der Waals surface area (Å²) < 4.78 is 51.2. The zero-order valence-electron chi connectivity index (χ0n) is 10.4. The molecule has 0 bridgehead atoms. The van der Waals surface area contributed by atoms with Gasteiger partial charge in [0.25, 0.3) is 10.0 Å². The summed E-state index contributed by atoms with van der Waals surface area (Å²) in [7, 11) is -4.57. The van der Waals surface area contributed by atoms with Gasteiger partial charge in [-0.3, -0.25) is 4.79 Å². The molecule has 0 aromatic heterocycles. The average molecular weight is 309 g/mol. The molecule has 0 aliphatic rings. The highest BCUT2D eigenvalue weighted by Crippen LogP contribution is 2.19. The van der Waals surface area contributed by atoms with Crippen LogP contribution in [0.25, 0.3) is 0 Å². The summed E-state index contributed by atoms with van der Waals surface area (Å²) in [5.41, 5.74) is -1.75. The van der Waals surface area contributed by atoms with Crippen molar-refractivity contribution in [2.24, 2.45) is 5.41 Å². The van der Waals surface area contributed by atoms with Crippen molar-refractivity contribution in [3.8, 4) is 0 Å². The first-order chi connectivity index (χ1) is 9.16. The average Bonchev–Trinajstić information content (AvgIpc) is 2.36. The molecule has 0 atom stereocenters. The quantitative estimate of drug-likeness (QED) is 0.696. The maximum atomic E-state index is 13.4. The van der Waals surface area contributed by atoms with Gasteiger partial charge in [-0.05, 0) is 19.1 Å². The first-order valence-corrected chi connectivity index (χ1v) is 6.88. The highest BCUT2D eigenvalue weighted by atomic mass is 32.2. The number of sulfonamides is 1. The van der Waals surface area contributed by atoms with Crippen LogP contribution < -0.4 is 4.72 Å². The molecule has 1 rings (SSSR count). The summed E-state index contributed by atoms with van der Waals surface area (Å²) in [6, 6.07) is 1.74. The molecule has 112 valence electrons. The molecular formula is C11H13F2NO5S. The van der Waals surface area contributed by atoms with E-state index in [0.717, 1.165) is 13.0 Å². The van der Waals surface area contributed by atoms with E-state index in [9.17, 15) is 22.0 Å². The Morgan fingerprint density at radius 3 is 2.30 bits per heavy atom. The fraction of sp³-hybridized carbons (Fsp3) is 0.364. The van der Waals surface area contributed by atoms with E-state index in [4.69, 9.17) is 10.2 Å². The molecule has 9 heteroatoms. The Bertz CT molecular complexity index is 613. The van der Waals surface area contributed by atoms with Crippen molar-refractivity contribution >= 4 is 15.9 Å². The zero-order valence-corrected chi connectivity index (χ0v) is 11.2. The summed E-state index contributed by atoms with van der Waals surface area (Å²) in [6.45, 7) is -0.494. The normalized spacial score (nSPS) is 12.2. The van der Waals surface area contributed by atoms with Crippen LogP contribution in [0.3, 0.4) is 0 Å². The third-order valence-electron chi connectivity index (χ3n) is 2.66. The lowest BCUT2D eigenvalue weighted by Gasteiger charge is -2.23. The van der Waals surface area contributed by atoms with Crippen LogP contribution in [-0.2, 0) is 14.8 Å². The second-order valence-corrected chi connectivity index (χ2v) is 6.04. The molecule has 20 heavy (non-hydrogen) atoms. The van der Waals surface area contributed by atoms with Crippen LogP contribution in [0.1, 0.15) is 6.92 Å². The Hall–Kier alpha value is -1.58. The molecule has 3 N–H and O–H groups in total. The van der Waals surface area contributed by atoms with Gasteiger partial charge in [0.05, 0.1) is 18.6 Å². The van der Waals surface area contributed by atoms with Gasteiger partial charge >= 0.3 is 0 Å². The van der Waals surface area contributed by atoms with Gasteiger partial charge in [-0.15, -0.1) is 0 Å². The number of nitrogens with one attached hydrogen (secondary N) is 1. The number of benzene rings is 1. The van der Waals surface area contributed by atoms with Crippen LogP contribution in [-0.4, -0.2) is 37.8 Å². The van der Waals surface area contributed by atoms with E-state index in [1.807, 2.05) is 0 Å². The number of halogens is 2. The number of hydrogen-bond donors (Lipinski definition) is 3. The maximum Gasteiger partial charge on any atom is 0.266 e. The Morgan fingerprint density at radius 1 is 1.30 bits per heavy atom. The first-order valence-electron chi connectivity index (χ1n) is 5.40. The fourth-order valence-corrected chi connectivity index (χ4v) is 2.35. The summed E-state index contributed by atoms with van der Waals surface area (Å²) in [5.74, 6) is -3.53. The number of hydrogen-bond acceptors (Lipinski definition) is 5. The summed E-state index contributed by atoms with van der Waals surface area (Å²) >= 11 is 0. The molecule has 0 spiro atoms. The van der Waals surface area contributed by atoms with Crippen LogP contribution in [0.15, 0.2) is 23.1 Å². The summed E-state index contributed by atoms with van der Waals surface area (Å²) in [4.78, 5) is 10.8. The third-order valence-corrected chi connectivity index (χ3v) is 4.02. The summed E-state index contributed by atoms with van der Waals surface area (Å²) in [6.07, 6.45) is 0. The minimum absolute atomic E-state index is 0.357. The third kappa shape index (κ3) is 3.30. The van der Waals surface area contributed by atoms with Crippen molar-refractivity contribution in [1.29, 1.82) is 0 Å². The lowest BCUT2D eigenvalue weighted by molar-refractivity contribution is -0.132. The highest BCUT2D eigenvalue weighted by Gasteiger charge is 2.35. The van der Waals surface area contributed by atoms with Crippen molar-refractivity contribution in [2.45, 2.75) is 11.8 Å². The van der Waals surface area contributed by atoms with Crippen LogP contribution in [0.4, 0.5) is 8.78 Å². The van der Waals surface area contributed by atoms with E-state index < -0.39 is 51.1 Å². The maximum absolute atomic E-state index is 13.4. The second kappa shape index (κ2) is 5.81. The second-order valence-electron chi connectivity index (χ2n) is 4.39. The molecule has 0 aliphatic heterocycles. The molecule has 0 unspecified atom stereocenters. The fourth-order valence-electron chi connectivity index (χ4n) is 1.19. The zero-order chi connectivity index (χ0) is 15.6. The van der Waals surface area contributed by atoms with Crippen molar-refractivity contribution in [2.75, 3.05) is 13.2 Å². The molecule has 6 nitrogen and oxygen atoms in total. The van der Waals surface area contributed by atoms with Gasteiger partial charge in [-0.25, -0.2) is 21.9 Å². The Balaban J connectivity index is 3.10. The van der Waals surface area contributed by atoms with Crippen molar-refractivity contribution in [1.82, 2.24) is 4.72 Å². The molecule has 0 fully saturated rings.